The number of nitrogens with one attached hydrogen (secondary N) is 1. The zero-order valence-corrected chi connectivity index (χ0v) is 15.5. The van der Waals surface area contributed by atoms with Crippen LogP contribution in [0, 0.1) is 6.92 Å². The molecule has 1 aromatic carbocycles. The molecular formula is C19H22N4O2S. The lowest BCUT2D eigenvalue weighted by Gasteiger charge is -2.29. The molecule has 26 heavy (non-hydrogen) atoms. The minimum atomic E-state index is -3.61. The minimum absolute atomic E-state index is 0.0486. The highest BCUT2D eigenvalue weighted by Gasteiger charge is 2.27. The summed E-state index contributed by atoms with van der Waals surface area (Å²) in [6.07, 6.45) is 8.91. The van der Waals surface area contributed by atoms with Gasteiger partial charge in [0.1, 0.15) is 4.90 Å². The smallest absolute Gasteiger partial charge is 0.242 e. The number of hydrogen-bond donors (Lipinski definition) is 1. The number of fused-ring (bicyclic) bond motifs is 1. The van der Waals surface area contributed by atoms with Crippen molar-refractivity contribution in [3.8, 4) is 0 Å². The summed E-state index contributed by atoms with van der Waals surface area (Å²) in [6.45, 7) is 1.95. The molecule has 0 unspecified atom stereocenters. The molecule has 0 radical (unpaired) electrons. The zero-order chi connectivity index (χ0) is 18.1. The first kappa shape index (κ1) is 17.2. The van der Waals surface area contributed by atoms with Crippen molar-refractivity contribution in [3.05, 3.63) is 54.5 Å². The van der Waals surface area contributed by atoms with E-state index in [4.69, 9.17) is 0 Å². The molecule has 0 atom stereocenters. The molecule has 0 aliphatic heterocycles. The quantitative estimate of drug-likeness (QED) is 0.765. The van der Waals surface area contributed by atoms with E-state index in [1.165, 1.54) is 0 Å². The van der Waals surface area contributed by atoms with Gasteiger partial charge in [-0.2, -0.15) is 5.10 Å². The lowest BCUT2D eigenvalue weighted by atomic mass is 9.92. The summed E-state index contributed by atoms with van der Waals surface area (Å²) < 4.78 is 30.7. The predicted molar refractivity (Wildman–Crippen MR) is 100 cm³/mol. The average molecular weight is 370 g/mol. The molecule has 6 nitrogen and oxygen atoms in total. The van der Waals surface area contributed by atoms with Crippen LogP contribution in [0.2, 0.25) is 0 Å². The zero-order valence-electron chi connectivity index (χ0n) is 14.7. The monoisotopic (exact) mass is 370 g/mol. The number of sulfonamides is 1. The maximum absolute atomic E-state index is 12.9. The Morgan fingerprint density at radius 2 is 1.96 bits per heavy atom. The van der Waals surface area contributed by atoms with Gasteiger partial charge in [0.05, 0.1) is 11.6 Å². The molecule has 0 bridgehead atoms. The van der Waals surface area contributed by atoms with E-state index in [0.717, 1.165) is 36.6 Å². The first-order valence-corrected chi connectivity index (χ1v) is 10.4. The first-order chi connectivity index (χ1) is 12.5. The molecule has 1 aliphatic carbocycles. The fourth-order valence-corrected chi connectivity index (χ4v) is 5.18. The lowest BCUT2D eigenvalue weighted by Crippen LogP contribution is -2.38. The van der Waals surface area contributed by atoms with Crippen LogP contribution in [0.1, 0.15) is 37.3 Å². The Labute approximate surface area is 153 Å². The molecule has 136 valence electrons. The second kappa shape index (κ2) is 6.81. The Kier molecular flexibility index (Phi) is 4.50. The van der Waals surface area contributed by atoms with Crippen molar-refractivity contribution in [2.75, 3.05) is 0 Å². The van der Waals surface area contributed by atoms with E-state index < -0.39 is 10.0 Å². The standard InChI is InChI=1S/C19H22N4O2S/c1-14-12-15-4-2-5-18(19(15)20-13-14)26(24,25)22-16-6-8-17(9-7-16)23-11-3-10-21-23/h2-5,10-13,16-17,22H,6-9H2,1H3. The van der Waals surface area contributed by atoms with E-state index in [1.54, 1.807) is 24.5 Å². The summed E-state index contributed by atoms with van der Waals surface area (Å²) in [6, 6.07) is 9.47. The fourth-order valence-electron chi connectivity index (χ4n) is 3.70. The number of aryl methyl sites for hydroxylation is 1. The molecule has 2 heterocycles. The van der Waals surface area contributed by atoms with Gasteiger partial charge in [-0.3, -0.25) is 9.67 Å². The van der Waals surface area contributed by atoms with Crippen LogP contribution in [-0.2, 0) is 10.0 Å². The molecule has 1 N–H and O–H groups in total. The van der Waals surface area contributed by atoms with E-state index >= 15 is 0 Å². The van der Waals surface area contributed by atoms with Gasteiger partial charge in [-0.1, -0.05) is 12.1 Å². The second-order valence-electron chi connectivity index (χ2n) is 6.95. The highest BCUT2D eigenvalue weighted by Crippen LogP contribution is 2.29. The molecule has 2 aromatic heterocycles. The van der Waals surface area contributed by atoms with Gasteiger partial charge >= 0.3 is 0 Å². The Bertz CT molecular complexity index is 1010. The van der Waals surface area contributed by atoms with Gasteiger partial charge < -0.3 is 0 Å². The maximum Gasteiger partial charge on any atom is 0.242 e. The van der Waals surface area contributed by atoms with Crippen molar-refractivity contribution in [1.82, 2.24) is 19.5 Å². The van der Waals surface area contributed by atoms with Crippen LogP contribution in [0.3, 0.4) is 0 Å². The van der Waals surface area contributed by atoms with E-state index in [2.05, 4.69) is 14.8 Å². The Morgan fingerprint density at radius 3 is 2.69 bits per heavy atom. The first-order valence-electron chi connectivity index (χ1n) is 8.90. The Morgan fingerprint density at radius 1 is 1.15 bits per heavy atom. The van der Waals surface area contributed by atoms with Crippen LogP contribution < -0.4 is 4.72 Å². The van der Waals surface area contributed by atoms with Gasteiger partial charge in [-0.15, -0.1) is 0 Å². The van der Waals surface area contributed by atoms with E-state index in [-0.39, 0.29) is 10.9 Å². The summed E-state index contributed by atoms with van der Waals surface area (Å²) in [5, 5.41) is 5.14. The minimum Gasteiger partial charge on any atom is -0.270 e. The number of hydrogen-bond acceptors (Lipinski definition) is 4. The predicted octanol–water partition coefficient (Wildman–Crippen LogP) is 3.20. The Balaban J connectivity index is 1.52. The van der Waals surface area contributed by atoms with Gasteiger partial charge in [-0.25, -0.2) is 13.1 Å². The molecule has 0 amide bonds. The van der Waals surface area contributed by atoms with Crippen molar-refractivity contribution in [1.29, 1.82) is 0 Å². The molecular weight excluding hydrogens is 348 g/mol. The average Bonchev–Trinajstić information content (AvgIpc) is 3.16. The number of para-hydroxylation sites is 1. The van der Waals surface area contributed by atoms with Crippen LogP contribution >= 0.6 is 0 Å². The van der Waals surface area contributed by atoms with Gasteiger partial charge in [0.15, 0.2) is 0 Å². The summed E-state index contributed by atoms with van der Waals surface area (Å²) in [5.41, 5.74) is 1.53. The third-order valence-electron chi connectivity index (χ3n) is 5.02. The topological polar surface area (TPSA) is 76.9 Å². The molecule has 0 saturated heterocycles. The van der Waals surface area contributed by atoms with Crippen molar-refractivity contribution in [2.24, 2.45) is 0 Å². The van der Waals surface area contributed by atoms with Gasteiger partial charge in [0.2, 0.25) is 10.0 Å². The summed E-state index contributed by atoms with van der Waals surface area (Å²) in [5.74, 6) is 0. The van der Waals surface area contributed by atoms with E-state index in [9.17, 15) is 8.42 Å². The highest BCUT2D eigenvalue weighted by molar-refractivity contribution is 7.89. The number of pyridine rings is 1. The van der Waals surface area contributed by atoms with E-state index in [1.807, 2.05) is 36.0 Å². The number of benzene rings is 1. The number of rotatable bonds is 4. The molecule has 1 fully saturated rings. The highest BCUT2D eigenvalue weighted by atomic mass is 32.2. The second-order valence-corrected chi connectivity index (χ2v) is 8.64. The van der Waals surface area contributed by atoms with Gasteiger partial charge in [0, 0.05) is 30.0 Å². The SMILES string of the molecule is Cc1cnc2c(S(=O)(=O)NC3CCC(n4cccn4)CC3)cccc2c1. The van der Waals surface area contributed by atoms with Crippen molar-refractivity contribution < 1.29 is 8.42 Å². The third kappa shape index (κ3) is 3.37. The summed E-state index contributed by atoms with van der Waals surface area (Å²) in [7, 11) is -3.61. The van der Waals surface area contributed by atoms with Crippen LogP contribution in [0.4, 0.5) is 0 Å². The van der Waals surface area contributed by atoms with E-state index in [0.29, 0.717) is 11.6 Å². The van der Waals surface area contributed by atoms with Crippen LogP contribution in [0.5, 0.6) is 0 Å². The molecule has 7 heteroatoms. The lowest BCUT2D eigenvalue weighted by molar-refractivity contribution is 0.293. The van der Waals surface area contributed by atoms with Crippen LogP contribution in [0.25, 0.3) is 10.9 Å². The van der Waals surface area contributed by atoms with Crippen molar-refractivity contribution in [3.63, 3.8) is 0 Å². The van der Waals surface area contributed by atoms with Crippen molar-refractivity contribution >= 4 is 20.9 Å². The van der Waals surface area contributed by atoms with Crippen LogP contribution in [-0.4, -0.2) is 29.2 Å². The van der Waals surface area contributed by atoms with Crippen LogP contribution in [0.15, 0.2) is 53.8 Å². The molecule has 1 aliphatic rings. The normalized spacial score (nSPS) is 21.1. The maximum atomic E-state index is 12.9. The van der Waals surface area contributed by atoms with Gasteiger partial charge in [-0.05, 0) is 56.4 Å². The largest absolute Gasteiger partial charge is 0.270 e. The summed E-state index contributed by atoms with van der Waals surface area (Å²) in [4.78, 5) is 4.61. The molecule has 1 saturated carbocycles. The Hall–Kier alpha value is -2.25. The molecule has 3 aromatic rings. The molecule has 4 rings (SSSR count). The fraction of sp³-hybridized carbons (Fsp3) is 0.368. The third-order valence-corrected chi connectivity index (χ3v) is 6.57. The van der Waals surface area contributed by atoms with Crippen molar-refractivity contribution in [2.45, 2.75) is 49.6 Å². The number of aromatic nitrogens is 3. The van der Waals surface area contributed by atoms with Gasteiger partial charge in [0.25, 0.3) is 0 Å². The summed E-state index contributed by atoms with van der Waals surface area (Å²) >= 11 is 0. The number of nitrogens with zero attached hydrogens (tertiary/aromatic N) is 3. The molecule has 0 spiro atoms.